The van der Waals surface area contributed by atoms with Crippen molar-refractivity contribution in [2.24, 2.45) is 0 Å². The SMILES string of the molecule is CCCCNC(=O)CCC(C)(CCC(=O)O)Sc1ccccc1.CCCCNC(=O)CCC(C)(CCC(=O)OC)Sc1ccccc1.[Br-].[Cl-]. The van der Waals surface area contributed by atoms with Gasteiger partial charge in [-0.3, -0.25) is 19.2 Å². The maximum absolute atomic E-state index is 12.0. The molecule has 0 bridgehead atoms. The number of carboxylic acids is 1. The molecule has 0 aliphatic heterocycles. The number of thioether (sulfide) groups is 2. The number of benzene rings is 2. The van der Waals surface area contributed by atoms with Gasteiger partial charge in [0.1, 0.15) is 0 Å². The minimum atomic E-state index is -0.794. The fraction of sp³-hybridized carbons (Fsp3) is 0.568. The van der Waals surface area contributed by atoms with Crippen LogP contribution in [-0.4, -0.2) is 58.6 Å². The Morgan fingerprint density at radius 2 is 1.04 bits per heavy atom. The molecule has 0 aliphatic rings. The number of halogens is 2. The Bertz CT molecular complexity index is 1200. The Balaban J connectivity index is 0. The van der Waals surface area contributed by atoms with Crippen molar-refractivity contribution in [2.75, 3.05) is 20.2 Å². The number of rotatable bonds is 22. The molecule has 2 rings (SSSR count). The smallest absolute Gasteiger partial charge is 0.305 e. The summed E-state index contributed by atoms with van der Waals surface area (Å²) >= 11 is 3.39. The molecule has 49 heavy (non-hydrogen) atoms. The third-order valence-corrected chi connectivity index (χ3v) is 10.5. The Labute approximate surface area is 319 Å². The molecule has 2 unspecified atom stereocenters. The summed E-state index contributed by atoms with van der Waals surface area (Å²) < 4.78 is 4.31. The van der Waals surface area contributed by atoms with Gasteiger partial charge in [-0.2, -0.15) is 0 Å². The number of carbonyl (C=O) groups excluding carboxylic acids is 3. The van der Waals surface area contributed by atoms with Crippen molar-refractivity contribution in [3.63, 3.8) is 0 Å². The molecule has 0 fully saturated rings. The van der Waals surface area contributed by atoms with E-state index in [-0.39, 0.29) is 63.1 Å². The van der Waals surface area contributed by atoms with Crippen molar-refractivity contribution in [3.8, 4) is 0 Å². The van der Waals surface area contributed by atoms with Crippen LogP contribution in [0.1, 0.15) is 105 Å². The number of esters is 1. The lowest BCUT2D eigenvalue weighted by Crippen LogP contribution is -3.00. The van der Waals surface area contributed by atoms with Gasteiger partial charge >= 0.3 is 11.9 Å². The van der Waals surface area contributed by atoms with Gasteiger partial charge in [-0.1, -0.05) is 76.9 Å². The minimum absolute atomic E-state index is 0. The average molecular weight is 804 g/mol. The van der Waals surface area contributed by atoms with E-state index in [1.165, 1.54) is 7.11 Å². The molecular weight excluding hydrogens is 748 g/mol. The van der Waals surface area contributed by atoms with Gasteiger partial charge in [0.15, 0.2) is 0 Å². The molecule has 3 N–H and O–H groups in total. The first-order chi connectivity index (χ1) is 22.4. The summed E-state index contributed by atoms with van der Waals surface area (Å²) in [5.41, 5.74) is 0. The second-order valence-corrected chi connectivity index (χ2v) is 15.4. The summed E-state index contributed by atoms with van der Waals surface area (Å²) in [5, 5.41) is 14.9. The predicted molar refractivity (Wildman–Crippen MR) is 194 cm³/mol. The fourth-order valence-corrected chi connectivity index (χ4v) is 7.12. The van der Waals surface area contributed by atoms with Gasteiger partial charge in [0.25, 0.3) is 0 Å². The fourth-order valence-electron chi connectivity index (χ4n) is 4.58. The van der Waals surface area contributed by atoms with Crippen LogP contribution in [0.3, 0.4) is 0 Å². The van der Waals surface area contributed by atoms with Gasteiger partial charge in [0, 0.05) is 58.1 Å². The molecule has 2 aromatic rings. The number of hydrogen-bond acceptors (Lipinski definition) is 7. The normalized spacial score (nSPS) is 12.7. The molecule has 0 spiro atoms. The van der Waals surface area contributed by atoms with Gasteiger partial charge in [0.05, 0.1) is 7.11 Å². The Kier molecular flexibility index (Phi) is 28.4. The quantitative estimate of drug-likeness (QED) is 0.0944. The van der Waals surface area contributed by atoms with E-state index < -0.39 is 5.97 Å². The van der Waals surface area contributed by atoms with E-state index in [0.717, 1.165) is 48.4 Å². The van der Waals surface area contributed by atoms with Gasteiger partial charge in [0.2, 0.25) is 11.8 Å². The molecule has 2 aromatic carbocycles. The summed E-state index contributed by atoms with van der Waals surface area (Å²) in [4.78, 5) is 48.6. The molecule has 0 radical (unpaired) electrons. The second-order valence-electron chi connectivity index (χ2n) is 12.1. The van der Waals surface area contributed by atoms with Crippen LogP contribution in [0.4, 0.5) is 0 Å². The number of aliphatic carboxylic acids is 1. The first-order valence-corrected chi connectivity index (χ1v) is 18.4. The second kappa shape index (κ2) is 28.5. The van der Waals surface area contributed by atoms with Crippen LogP contribution in [0.5, 0.6) is 0 Å². The highest BCUT2D eigenvalue weighted by Gasteiger charge is 2.28. The van der Waals surface area contributed by atoms with Gasteiger partial charge in [-0.25, -0.2) is 0 Å². The maximum Gasteiger partial charge on any atom is 0.305 e. The summed E-state index contributed by atoms with van der Waals surface area (Å²) in [6, 6.07) is 20.0. The highest BCUT2D eigenvalue weighted by molar-refractivity contribution is 8.01. The van der Waals surface area contributed by atoms with Crippen LogP contribution >= 0.6 is 23.5 Å². The molecule has 8 nitrogen and oxygen atoms in total. The third kappa shape index (κ3) is 24.6. The highest BCUT2D eigenvalue weighted by Crippen LogP contribution is 2.41. The first-order valence-electron chi connectivity index (χ1n) is 16.7. The Hall–Kier alpha value is -2.21. The molecule has 2 atom stereocenters. The Morgan fingerprint density at radius 3 is 1.39 bits per heavy atom. The zero-order valence-electron chi connectivity index (χ0n) is 29.7. The van der Waals surface area contributed by atoms with Crippen molar-refractivity contribution in [1.29, 1.82) is 0 Å². The van der Waals surface area contributed by atoms with Crippen LogP contribution in [0.2, 0.25) is 0 Å². The average Bonchev–Trinajstić information content (AvgIpc) is 3.06. The third-order valence-electron chi connectivity index (χ3n) is 7.64. The number of methoxy groups -OCH3 is 1. The largest absolute Gasteiger partial charge is 1.00 e. The lowest BCUT2D eigenvalue weighted by atomic mass is 9.98. The van der Waals surface area contributed by atoms with Crippen molar-refractivity contribution in [3.05, 3.63) is 60.7 Å². The van der Waals surface area contributed by atoms with E-state index in [4.69, 9.17) is 9.84 Å². The van der Waals surface area contributed by atoms with Crippen molar-refractivity contribution < 1.29 is 58.4 Å². The molecule has 0 saturated carbocycles. The van der Waals surface area contributed by atoms with E-state index >= 15 is 0 Å². The maximum atomic E-state index is 12.0. The van der Waals surface area contributed by atoms with Crippen LogP contribution in [0, 0.1) is 0 Å². The molecule has 12 heteroatoms. The summed E-state index contributed by atoms with van der Waals surface area (Å²) in [7, 11) is 1.41. The van der Waals surface area contributed by atoms with Crippen molar-refractivity contribution in [2.45, 2.75) is 124 Å². The summed E-state index contributed by atoms with van der Waals surface area (Å²) in [6.45, 7) is 9.81. The van der Waals surface area contributed by atoms with Crippen LogP contribution in [0.15, 0.2) is 70.5 Å². The van der Waals surface area contributed by atoms with E-state index in [1.54, 1.807) is 23.5 Å². The van der Waals surface area contributed by atoms with Crippen molar-refractivity contribution in [1.82, 2.24) is 10.6 Å². The first kappa shape index (κ1) is 48.9. The highest BCUT2D eigenvalue weighted by atomic mass is 79.9. The predicted octanol–water partition coefficient (Wildman–Crippen LogP) is 2.29. The molecule has 2 amide bonds. The van der Waals surface area contributed by atoms with Crippen molar-refractivity contribution >= 4 is 47.3 Å². The molecule has 0 aromatic heterocycles. The number of nitrogens with one attached hydrogen (secondary N) is 2. The molecule has 0 saturated heterocycles. The molecule has 0 aliphatic carbocycles. The van der Waals surface area contributed by atoms with Crippen LogP contribution in [-0.2, 0) is 23.9 Å². The number of amides is 2. The molecule has 278 valence electrons. The van der Waals surface area contributed by atoms with E-state index in [2.05, 4.69) is 43.5 Å². The number of unbranched alkanes of at least 4 members (excludes halogenated alkanes) is 2. The van der Waals surface area contributed by atoms with E-state index in [9.17, 15) is 19.2 Å². The monoisotopic (exact) mass is 802 g/mol. The van der Waals surface area contributed by atoms with Gasteiger partial charge in [-0.15, -0.1) is 23.5 Å². The zero-order valence-corrected chi connectivity index (χ0v) is 33.7. The van der Waals surface area contributed by atoms with Gasteiger partial charge in [-0.05, 0) is 62.8 Å². The number of carbonyl (C=O) groups is 4. The minimum Gasteiger partial charge on any atom is -1.00 e. The van der Waals surface area contributed by atoms with E-state index in [1.807, 2.05) is 55.5 Å². The number of hydrogen-bond donors (Lipinski definition) is 3. The van der Waals surface area contributed by atoms with Gasteiger partial charge < -0.3 is 49.9 Å². The summed E-state index contributed by atoms with van der Waals surface area (Å²) in [5.74, 6) is -0.866. The molecule has 0 heterocycles. The number of ether oxygens (including phenoxy) is 1. The lowest BCUT2D eigenvalue weighted by molar-refractivity contribution is -0.141. The van der Waals surface area contributed by atoms with Crippen LogP contribution in [0.25, 0.3) is 0 Å². The topological polar surface area (TPSA) is 122 Å². The molecular formula is C37H56BrClN2O6S2-2. The standard InChI is InChI=1S/C19H29NO3S.C18H27NO3S.BrH.ClH/c1-4-5-15-20-17(21)11-13-19(2,14-12-18(22)23-3)24-16-9-7-6-8-10-16;1-3-4-14-19-16(20)10-12-18(2,13-11-17(21)22)23-15-8-6-5-7-9-15;;/h6-10H,4-5,11-15H2,1-3H3,(H,20,21);5-9H,3-4,10-14H2,1-2H3,(H,19,20)(H,21,22);2*1H/p-2. The lowest BCUT2D eigenvalue weighted by Gasteiger charge is -2.28. The Morgan fingerprint density at radius 1 is 0.673 bits per heavy atom. The van der Waals surface area contributed by atoms with E-state index in [0.29, 0.717) is 45.1 Å². The number of carboxylic acid groups (broad SMARTS) is 1. The summed E-state index contributed by atoms with van der Waals surface area (Å²) in [6.07, 6.45) is 8.12. The zero-order chi connectivity index (χ0) is 35.0. The van der Waals surface area contributed by atoms with Crippen LogP contribution < -0.4 is 40.0 Å².